The Bertz CT molecular complexity index is 1330. The van der Waals surface area contributed by atoms with Crippen LogP contribution in [-0.2, 0) is 6.54 Å². The molecular formula is C23H17ClN6. The third-order valence-corrected chi connectivity index (χ3v) is 5.21. The number of halogens is 1. The van der Waals surface area contributed by atoms with Gasteiger partial charge in [0.05, 0.1) is 17.6 Å². The first-order chi connectivity index (χ1) is 14.7. The van der Waals surface area contributed by atoms with Crippen LogP contribution in [0.5, 0.6) is 0 Å². The van der Waals surface area contributed by atoms with Crippen LogP contribution in [0.3, 0.4) is 0 Å². The maximum Gasteiger partial charge on any atom is 0.186 e. The maximum absolute atomic E-state index is 6.27. The topological polar surface area (TPSA) is 82.5 Å². The van der Waals surface area contributed by atoms with Crippen molar-refractivity contribution in [1.29, 1.82) is 0 Å². The molecule has 5 rings (SSSR count). The van der Waals surface area contributed by atoms with Gasteiger partial charge in [-0.25, -0.2) is 9.97 Å². The highest BCUT2D eigenvalue weighted by Gasteiger charge is 2.12. The maximum atomic E-state index is 6.27. The highest BCUT2D eigenvalue weighted by atomic mass is 35.5. The van der Waals surface area contributed by atoms with Crippen LogP contribution < -0.4 is 5.73 Å². The quantitative estimate of drug-likeness (QED) is 0.456. The fraction of sp³-hybridized carbons (Fsp3) is 0.0435. The van der Waals surface area contributed by atoms with E-state index in [1.54, 1.807) is 10.9 Å². The van der Waals surface area contributed by atoms with E-state index in [1.807, 2.05) is 72.9 Å². The van der Waals surface area contributed by atoms with Crippen LogP contribution in [0.2, 0.25) is 5.02 Å². The molecule has 0 atom stereocenters. The van der Waals surface area contributed by atoms with Crippen LogP contribution >= 0.6 is 11.6 Å². The molecule has 0 aliphatic heterocycles. The minimum Gasteiger partial charge on any atom is -0.383 e. The molecule has 30 heavy (non-hydrogen) atoms. The largest absolute Gasteiger partial charge is 0.383 e. The lowest BCUT2D eigenvalue weighted by Gasteiger charge is -2.04. The van der Waals surface area contributed by atoms with Crippen LogP contribution in [-0.4, -0.2) is 24.7 Å². The Hall–Kier alpha value is -3.77. The van der Waals surface area contributed by atoms with Crippen molar-refractivity contribution in [3.63, 3.8) is 0 Å². The first-order valence-electron chi connectivity index (χ1n) is 9.43. The number of nitrogens with two attached hydrogens (primary N) is 1. The normalized spacial score (nSPS) is 11.1. The lowest BCUT2D eigenvalue weighted by molar-refractivity contribution is 0.693. The Labute approximate surface area is 178 Å². The van der Waals surface area contributed by atoms with Crippen LogP contribution in [0.4, 0.5) is 5.82 Å². The molecule has 0 aliphatic rings. The summed E-state index contributed by atoms with van der Waals surface area (Å²) in [6.45, 7) is 0.526. The van der Waals surface area contributed by atoms with E-state index in [9.17, 15) is 0 Å². The monoisotopic (exact) mass is 412 g/mol. The zero-order valence-electron chi connectivity index (χ0n) is 15.9. The standard InChI is InChI=1S/C23H17ClN6/c24-19-9-5-4-8-17(19)13-30-14-18-21(25)27-22(28-23(18)29-30)16-10-11-20(26-12-16)15-6-2-1-3-7-15/h1-12,14H,13H2,(H2,25,27,28,29). The van der Waals surface area contributed by atoms with E-state index in [2.05, 4.69) is 20.1 Å². The summed E-state index contributed by atoms with van der Waals surface area (Å²) in [6, 6.07) is 21.6. The summed E-state index contributed by atoms with van der Waals surface area (Å²) in [5, 5.41) is 5.97. The average molecular weight is 413 g/mol. The number of benzene rings is 2. The third-order valence-electron chi connectivity index (χ3n) is 4.84. The summed E-state index contributed by atoms with van der Waals surface area (Å²) in [6.07, 6.45) is 3.60. The molecule has 2 N–H and O–H groups in total. The predicted molar refractivity (Wildman–Crippen MR) is 119 cm³/mol. The molecule has 6 nitrogen and oxygen atoms in total. The van der Waals surface area contributed by atoms with Gasteiger partial charge in [-0.2, -0.15) is 5.10 Å². The zero-order chi connectivity index (χ0) is 20.5. The number of hydrogen-bond donors (Lipinski definition) is 1. The second kappa shape index (κ2) is 7.57. The molecule has 0 fully saturated rings. The first kappa shape index (κ1) is 18.3. The van der Waals surface area contributed by atoms with Gasteiger partial charge in [0.1, 0.15) is 5.82 Å². The summed E-state index contributed by atoms with van der Waals surface area (Å²) in [4.78, 5) is 13.6. The molecule has 3 aromatic heterocycles. The van der Waals surface area contributed by atoms with E-state index in [1.165, 1.54) is 0 Å². The number of nitrogen functional groups attached to an aromatic ring is 1. The number of fused-ring (bicyclic) bond motifs is 1. The van der Waals surface area contributed by atoms with E-state index in [0.29, 0.717) is 34.2 Å². The molecule has 0 radical (unpaired) electrons. The highest BCUT2D eigenvalue weighted by molar-refractivity contribution is 6.31. The summed E-state index contributed by atoms with van der Waals surface area (Å²) in [5.74, 6) is 0.877. The predicted octanol–water partition coefficient (Wildman–Crippen LogP) is 4.84. The second-order valence-corrected chi connectivity index (χ2v) is 7.29. The molecule has 0 saturated carbocycles. The van der Waals surface area contributed by atoms with Gasteiger partial charge in [-0.15, -0.1) is 0 Å². The summed E-state index contributed by atoms with van der Waals surface area (Å²) < 4.78 is 1.78. The van der Waals surface area contributed by atoms with Crippen molar-refractivity contribution < 1.29 is 0 Å². The molecule has 2 aromatic carbocycles. The van der Waals surface area contributed by atoms with Crippen molar-refractivity contribution >= 4 is 28.5 Å². The third kappa shape index (κ3) is 3.49. The van der Waals surface area contributed by atoms with Gasteiger partial charge in [0.15, 0.2) is 11.5 Å². The van der Waals surface area contributed by atoms with E-state index in [4.69, 9.17) is 17.3 Å². The molecule has 146 valence electrons. The SMILES string of the molecule is Nc1nc(-c2ccc(-c3ccccc3)nc2)nc2nn(Cc3ccccc3Cl)cc12. The molecular weight excluding hydrogens is 396 g/mol. The number of anilines is 1. The van der Waals surface area contributed by atoms with E-state index < -0.39 is 0 Å². The van der Waals surface area contributed by atoms with Gasteiger partial charge < -0.3 is 5.73 Å². The van der Waals surface area contributed by atoms with E-state index >= 15 is 0 Å². The van der Waals surface area contributed by atoms with Crippen LogP contribution in [0, 0.1) is 0 Å². The van der Waals surface area contributed by atoms with Crippen molar-refractivity contribution in [2.24, 2.45) is 0 Å². The van der Waals surface area contributed by atoms with E-state index in [0.717, 1.165) is 22.4 Å². The van der Waals surface area contributed by atoms with Gasteiger partial charge in [0.2, 0.25) is 0 Å². The first-order valence-corrected chi connectivity index (χ1v) is 9.81. The summed E-state index contributed by atoms with van der Waals surface area (Å²) in [7, 11) is 0. The smallest absolute Gasteiger partial charge is 0.186 e. The van der Waals surface area contributed by atoms with Crippen molar-refractivity contribution in [2.75, 3.05) is 5.73 Å². The van der Waals surface area contributed by atoms with Gasteiger partial charge >= 0.3 is 0 Å². The van der Waals surface area contributed by atoms with Gasteiger partial charge in [0, 0.05) is 28.5 Å². The van der Waals surface area contributed by atoms with Gasteiger partial charge in [-0.3, -0.25) is 9.67 Å². The van der Waals surface area contributed by atoms with Crippen LogP contribution in [0.25, 0.3) is 33.7 Å². The summed E-state index contributed by atoms with van der Waals surface area (Å²) in [5.41, 5.74) is 10.4. The van der Waals surface area contributed by atoms with Gasteiger partial charge in [-0.05, 0) is 23.8 Å². The fourth-order valence-corrected chi connectivity index (χ4v) is 3.49. The van der Waals surface area contributed by atoms with Crippen molar-refractivity contribution in [1.82, 2.24) is 24.7 Å². The Morgan fingerprint density at radius 3 is 2.43 bits per heavy atom. The Morgan fingerprint density at radius 2 is 1.67 bits per heavy atom. The second-order valence-electron chi connectivity index (χ2n) is 6.89. The van der Waals surface area contributed by atoms with Crippen LogP contribution in [0.1, 0.15) is 5.56 Å². The van der Waals surface area contributed by atoms with Crippen LogP contribution in [0.15, 0.2) is 79.1 Å². The molecule has 0 aliphatic carbocycles. The van der Waals surface area contributed by atoms with Crippen molar-refractivity contribution in [3.05, 3.63) is 89.7 Å². The number of nitrogens with zero attached hydrogens (tertiary/aromatic N) is 5. The Morgan fingerprint density at radius 1 is 0.867 bits per heavy atom. The molecule has 3 heterocycles. The Kier molecular flexibility index (Phi) is 4.61. The minimum atomic E-state index is 0.382. The van der Waals surface area contributed by atoms with Crippen molar-refractivity contribution in [3.8, 4) is 22.6 Å². The van der Waals surface area contributed by atoms with Crippen molar-refractivity contribution in [2.45, 2.75) is 6.54 Å². The van der Waals surface area contributed by atoms with E-state index in [-0.39, 0.29) is 0 Å². The molecule has 0 unspecified atom stereocenters. The molecule has 0 amide bonds. The molecule has 0 bridgehead atoms. The molecule has 0 saturated heterocycles. The lowest BCUT2D eigenvalue weighted by Crippen LogP contribution is -2.00. The fourth-order valence-electron chi connectivity index (χ4n) is 3.29. The number of pyridine rings is 1. The zero-order valence-corrected chi connectivity index (χ0v) is 16.7. The highest BCUT2D eigenvalue weighted by Crippen LogP contribution is 2.25. The lowest BCUT2D eigenvalue weighted by atomic mass is 10.1. The van der Waals surface area contributed by atoms with Gasteiger partial charge in [-0.1, -0.05) is 60.1 Å². The number of rotatable bonds is 4. The molecule has 5 aromatic rings. The Balaban J connectivity index is 1.48. The number of hydrogen-bond acceptors (Lipinski definition) is 5. The average Bonchev–Trinajstić information content (AvgIpc) is 3.19. The van der Waals surface area contributed by atoms with Gasteiger partial charge in [0.25, 0.3) is 0 Å². The number of aromatic nitrogens is 5. The molecule has 0 spiro atoms. The minimum absolute atomic E-state index is 0.382. The summed E-state index contributed by atoms with van der Waals surface area (Å²) >= 11 is 6.27. The molecule has 7 heteroatoms.